The summed E-state index contributed by atoms with van der Waals surface area (Å²) < 4.78 is 16.8. The molecule has 0 atom stereocenters. The van der Waals surface area contributed by atoms with Crippen molar-refractivity contribution < 1.29 is 19.0 Å². The molecule has 1 fully saturated rings. The molecule has 4 rings (SSSR count). The van der Waals surface area contributed by atoms with E-state index in [1.54, 1.807) is 24.3 Å². The van der Waals surface area contributed by atoms with Gasteiger partial charge >= 0.3 is 0 Å². The lowest BCUT2D eigenvalue weighted by atomic mass is 10.2. The number of fused-ring (bicyclic) bond motifs is 1. The number of rotatable bonds is 4. The number of hydrogen-bond donors (Lipinski definition) is 0. The summed E-state index contributed by atoms with van der Waals surface area (Å²) in [5.74, 6) is 2.21. The maximum atomic E-state index is 12.4. The third kappa shape index (κ3) is 4.22. The summed E-state index contributed by atoms with van der Waals surface area (Å²) >= 11 is 5.85. The van der Waals surface area contributed by atoms with E-state index in [0.717, 1.165) is 30.3 Å². The molecule has 0 bridgehead atoms. The van der Waals surface area contributed by atoms with E-state index in [2.05, 4.69) is 4.90 Å². The van der Waals surface area contributed by atoms with Gasteiger partial charge in [0.05, 0.1) is 0 Å². The Bertz CT molecular complexity index is 804. The standard InChI is InChI=1S/C20H21ClN2O4/c21-15-1-4-17(5-2-15)27-14-20(24)23-9-7-22(8-10-23)16-3-6-18-19(13-16)26-12-11-25-18/h1-6,13H,7-12,14H2. The Hall–Kier alpha value is -2.60. The first-order valence-electron chi connectivity index (χ1n) is 9.00. The molecule has 0 saturated carbocycles. The van der Waals surface area contributed by atoms with Crippen LogP contribution in [0.1, 0.15) is 0 Å². The molecule has 1 saturated heterocycles. The first-order valence-corrected chi connectivity index (χ1v) is 9.37. The highest BCUT2D eigenvalue weighted by atomic mass is 35.5. The summed E-state index contributed by atoms with van der Waals surface area (Å²) in [5.41, 5.74) is 1.09. The SMILES string of the molecule is O=C(COc1ccc(Cl)cc1)N1CCN(c2ccc3c(c2)OCCO3)CC1. The molecule has 2 aliphatic rings. The molecule has 27 heavy (non-hydrogen) atoms. The zero-order chi connectivity index (χ0) is 18.6. The lowest BCUT2D eigenvalue weighted by molar-refractivity contribution is -0.133. The highest BCUT2D eigenvalue weighted by molar-refractivity contribution is 6.30. The number of carbonyl (C=O) groups is 1. The van der Waals surface area contributed by atoms with Crippen LogP contribution in [-0.2, 0) is 4.79 Å². The maximum Gasteiger partial charge on any atom is 0.260 e. The molecule has 0 aromatic heterocycles. The highest BCUT2D eigenvalue weighted by Crippen LogP contribution is 2.34. The highest BCUT2D eigenvalue weighted by Gasteiger charge is 2.23. The van der Waals surface area contributed by atoms with Crippen molar-refractivity contribution in [2.45, 2.75) is 0 Å². The average molecular weight is 389 g/mol. The van der Waals surface area contributed by atoms with Crippen LogP contribution in [0.25, 0.3) is 0 Å². The van der Waals surface area contributed by atoms with Gasteiger partial charge in [0.15, 0.2) is 18.1 Å². The van der Waals surface area contributed by atoms with E-state index in [1.807, 2.05) is 23.1 Å². The molecule has 0 aliphatic carbocycles. The quantitative estimate of drug-likeness (QED) is 0.806. The van der Waals surface area contributed by atoms with Crippen molar-refractivity contribution >= 4 is 23.2 Å². The van der Waals surface area contributed by atoms with Crippen LogP contribution in [0.3, 0.4) is 0 Å². The van der Waals surface area contributed by atoms with Crippen LogP contribution in [0.2, 0.25) is 5.02 Å². The Kier molecular flexibility index (Phi) is 5.25. The maximum absolute atomic E-state index is 12.4. The van der Waals surface area contributed by atoms with E-state index >= 15 is 0 Å². The molecule has 2 heterocycles. The van der Waals surface area contributed by atoms with Crippen LogP contribution in [-0.4, -0.2) is 56.8 Å². The van der Waals surface area contributed by atoms with Crippen LogP contribution in [0, 0.1) is 0 Å². The summed E-state index contributed by atoms with van der Waals surface area (Å²) in [6, 6.07) is 13.0. The minimum Gasteiger partial charge on any atom is -0.486 e. The van der Waals surface area contributed by atoms with E-state index < -0.39 is 0 Å². The Balaban J connectivity index is 1.29. The van der Waals surface area contributed by atoms with Crippen molar-refractivity contribution in [2.24, 2.45) is 0 Å². The minimum absolute atomic E-state index is 0.00762. The van der Waals surface area contributed by atoms with Crippen molar-refractivity contribution in [1.29, 1.82) is 0 Å². The van der Waals surface area contributed by atoms with Gasteiger partial charge in [0.1, 0.15) is 19.0 Å². The molecule has 0 spiro atoms. The fourth-order valence-corrected chi connectivity index (χ4v) is 3.34. The number of nitrogens with zero attached hydrogens (tertiary/aromatic N) is 2. The van der Waals surface area contributed by atoms with E-state index in [4.69, 9.17) is 25.8 Å². The molecule has 0 radical (unpaired) electrons. The lowest BCUT2D eigenvalue weighted by Crippen LogP contribution is -2.50. The minimum atomic E-state index is -0.00762. The van der Waals surface area contributed by atoms with Crippen LogP contribution in [0.5, 0.6) is 17.2 Å². The third-order valence-electron chi connectivity index (χ3n) is 4.70. The molecule has 142 valence electrons. The smallest absolute Gasteiger partial charge is 0.260 e. The number of carbonyl (C=O) groups excluding carboxylic acids is 1. The molecule has 0 unspecified atom stereocenters. The number of anilines is 1. The van der Waals surface area contributed by atoms with E-state index in [9.17, 15) is 4.79 Å². The van der Waals surface area contributed by atoms with Gasteiger partial charge in [-0.05, 0) is 36.4 Å². The van der Waals surface area contributed by atoms with Gasteiger partial charge in [-0.1, -0.05) is 11.6 Å². The van der Waals surface area contributed by atoms with Gasteiger partial charge in [0.2, 0.25) is 0 Å². The topological polar surface area (TPSA) is 51.2 Å². The Morgan fingerprint density at radius 2 is 1.67 bits per heavy atom. The van der Waals surface area contributed by atoms with Crippen LogP contribution in [0.15, 0.2) is 42.5 Å². The number of piperazine rings is 1. The summed E-state index contributed by atoms with van der Waals surface area (Å²) in [6.45, 7) is 4.07. The van der Waals surface area contributed by atoms with Crippen LogP contribution < -0.4 is 19.1 Å². The first-order chi connectivity index (χ1) is 13.2. The van der Waals surface area contributed by atoms with Gasteiger partial charge in [0, 0.05) is 43.0 Å². The molecule has 2 aromatic rings. The number of ether oxygens (including phenoxy) is 3. The number of amides is 1. The van der Waals surface area contributed by atoms with Crippen LogP contribution >= 0.6 is 11.6 Å². The number of benzene rings is 2. The van der Waals surface area contributed by atoms with E-state index in [1.165, 1.54) is 0 Å². The molecule has 6 nitrogen and oxygen atoms in total. The Labute approximate surface area is 163 Å². The predicted octanol–water partition coefficient (Wildman–Crippen LogP) is 2.84. The summed E-state index contributed by atoms with van der Waals surface area (Å²) in [4.78, 5) is 16.5. The largest absolute Gasteiger partial charge is 0.486 e. The van der Waals surface area contributed by atoms with Gasteiger partial charge in [0.25, 0.3) is 5.91 Å². The van der Waals surface area contributed by atoms with Gasteiger partial charge in [-0.2, -0.15) is 0 Å². The third-order valence-corrected chi connectivity index (χ3v) is 4.95. The second kappa shape index (κ2) is 7.96. The fraction of sp³-hybridized carbons (Fsp3) is 0.350. The number of hydrogen-bond acceptors (Lipinski definition) is 5. The Morgan fingerprint density at radius 1 is 0.963 bits per heavy atom. The molecular weight excluding hydrogens is 368 g/mol. The second-order valence-electron chi connectivity index (χ2n) is 6.44. The summed E-state index contributed by atoms with van der Waals surface area (Å²) in [7, 11) is 0. The molecule has 2 aromatic carbocycles. The van der Waals surface area contributed by atoms with Gasteiger partial charge in [-0.25, -0.2) is 0 Å². The van der Waals surface area contributed by atoms with Crippen molar-refractivity contribution in [3.05, 3.63) is 47.5 Å². The summed E-state index contributed by atoms with van der Waals surface area (Å²) in [5, 5.41) is 0.643. The monoisotopic (exact) mass is 388 g/mol. The van der Waals surface area contributed by atoms with Crippen molar-refractivity contribution in [2.75, 3.05) is 50.9 Å². The number of halogens is 1. The second-order valence-corrected chi connectivity index (χ2v) is 6.87. The van der Waals surface area contributed by atoms with Crippen LogP contribution in [0.4, 0.5) is 5.69 Å². The zero-order valence-electron chi connectivity index (χ0n) is 14.9. The van der Waals surface area contributed by atoms with Crippen molar-refractivity contribution in [1.82, 2.24) is 4.90 Å². The average Bonchev–Trinajstić information content (AvgIpc) is 2.73. The molecule has 2 aliphatic heterocycles. The van der Waals surface area contributed by atoms with Gasteiger partial charge in [-0.15, -0.1) is 0 Å². The van der Waals surface area contributed by atoms with Gasteiger partial charge < -0.3 is 24.0 Å². The molecule has 1 amide bonds. The molecule has 0 N–H and O–H groups in total. The van der Waals surface area contributed by atoms with E-state index in [-0.39, 0.29) is 12.5 Å². The van der Waals surface area contributed by atoms with Crippen molar-refractivity contribution in [3.63, 3.8) is 0 Å². The zero-order valence-corrected chi connectivity index (χ0v) is 15.7. The fourth-order valence-electron chi connectivity index (χ4n) is 3.21. The van der Waals surface area contributed by atoms with Crippen molar-refractivity contribution in [3.8, 4) is 17.2 Å². The predicted molar refractivity (Wildman–Crippen MR) is 103 cm³/mol. The summed E-state index contributed by atoms with van der Waals surface area (Å²) in [6.07, 6.45) is 0. The lowest BCUT2D eigenvalue weighted by Gasteiger charge is -2.36. The Morgan fingerprint density at radius 3 is 2.41 bits per heavy atom. The molecular formula is C20H21ClN2O4. The molecule has 7 heteroatoms. The normalized spacial score (nSPS) is 16.2. The van der Waals surface area contributed by atoms with E-state index in [0.29, 0.717) is 37.1 Å². The first kappa shape index (κ1) is 17.8. The van der Waals surface area contributed by atoms with Gasteiger partial charge in [-0.3, -0.25) is 4.79 Å².